The summed E-state index contributed by atoms with van der Waals surface area (Å²) in [5, 5.41) is 6.03. The summed E-state index contributed by atoms with van der Waals surface area (Å²) in [6, 6.07) is 11.7. The first-order valence-electron chi connectivity index (χ1n) is 9.76. The number of hydrogen-bond donors (Lipinski definition) is 2. The third kappa shape index (κ3) is 6.09. The van der Waals surface area contributed by atoms with Crippen molar-refractivity contribution in [2.75, 3.05) is 10.6 Å². The topological polar surface area (TPSA) is 71.1 Å². The number of hydrogen-bond acceptors (Lipinski definition) is 3. The molecule has 1 aliphatic rings. The van der Waals surface area contributed by atoms with E-state index < -0.39 is 33.8 Å². The van der Waals surface area contributed by atoms with Crippen LogP contribution in [0, 0.1) is 24.7 Å². The Morgan fingerprint density at radius 2 is 1.71 bits per heavy atom. The third-order valence-electron chi connectivity index (χ3n) is 5.27. The average Bonchev–Trinajstić information content (AvgIpc) is 3.33. The number of alkyl halides is 2. The molecule has 1 aromatic heterocycles. The maximum Gasteiger partial charge on any atom is 1.00 e. The van der Waals surface area contributed by atoms with E-state index in [0.717, 1.165) is 6.20 Å². The van der Waals surface area contributed by atoms with Crippen LogP contribution in [0.5, 0.6) is 0 Å². The summed E-state index contributed by atoms with van der Waals surface area (Å²) in [4.78, 5) is 29.4. The van der Waals surface area contributed by atoms with Crippen molar-refractivity contribution < 1.29 is 32.8 Å². The number of nitrogens with one attached hydrogen (secondary N) is 2. The van der Waals surface area contributed by atoms with Gasteiger partial charge in [0.25, 0.3) is 0 Å². The molecule has 0 spiro atoms. The van der Waals surface area contributed by atoms with E-state index in [9.17, 15) is 14.0 Å². The summed E-state index contributed by atoms with van der Waals surface area (Å²) in [5.41, 5.74) is 1.23. The molecule has 1 aliphatic carbocycles. The van der Waals surface area contributed by atoms with Gasteiger partial charge in [0.2, 0.25) is 11.8 Å². The number of aromatic nitrogens is 1. The van der Waals surface area contributed by atoms with Crippen molar-refractivity contribution in [2.45, 2.75) is 17.2 Å². The molecular weight excluding hydrogens is 553 g/mol. The van der Waals surface area contributed by atoms with Gasteiger partial charge in [0.15, 0.2) is 0 Å². The van der Waals surface area contributed by atoms with Crippen LogP contribution in [0.1, 0.15) is 27.4 Å². The minimum absolute atomic E-state index is 0. The smallest absolute Gasteiger partial charge is 0.379 e. The van der Waals surface area contributed by atoms with Crippen LogP contribution in [-0.4, -0.2) is 21.1 Å². The van der Waals surface area contributed by atoms with Gasteiger partial charge in [-0.1, -0.05) is 39.5 Å². The number of rotatable bonds is 5. The zero-order valence-electron chi connectivity index (χ0n) is 18.2. The number of aryl methyl sites for hydroxylation is 1. The molecule has 0 saturated heterocycles. The molecule has 2 amide bonds. The molecule has 1 fully saturated rings. The summed E-state index contributed by atoms with van der Waals surface area (Å²) in [6.07, 6.45) is 0.999. The number of pyridine rings is 1. The van der Waals surface area contributed by atoms with Crippen LogP contribution < -0.4 is 29.5 Å². The van der Waals surface area contributed by atoms with E-state index >= 15 is 0 Å². The first-order chi connectivity index (χ1) is 16.0. The fourth-order valence-corrected chi connectivity index (χ4v) is 5.12. The second-order valence-corrected chi connectivity index (χ2v) is 10.4. The van der Waals surface area contributed by atoms with Gasteiger partial charge >= 0.3 is 18.9 Å². The van der Waals surface area contributed by atoms with Crippen molar-refractivity contribution in [3.63, 3.8) is 0 Å². The van der Waals surface area contributed by atoms with Crippen LogP contribution in [0.25, 0.3) is 0 Å². The van der Waals surface area contributed by atoms with Gasteiger partial charge in [-0.15, -0.1) is 40.9 Å². The minimum atomic E-state index is -1.36. The van der Waals surface area contributed by atoms with Crippen LogP contribution >= 0.6 is 58.0 Å². The molecule has 2 atom stereocenters. The van der Waals surface area contributed by atoms with Crippen molar-refractivity contribution in [1.82, 2.24) is 4.98 Å². The van der Waals surface area contributed by atoms with E-state index in [1.165, 1.54) is 18.2 Å². The van der Waals surface area contributed by atoms with Gasteiger partial charge in [-0.3, -0.25) is 9.59 Å². The predicted octanol–water partition coefficient (Wildman–Crippen LogP) is 4.07. The third-order valence-corrected chi connectivity index (χ3v) is 6.96. The molecule has 0 aliphatic heterocycles. The van der Waals surface area contributed by atoms with Gasteiger partial charge in [-0.25, -0.2) is 9.37 Å². The minimum Gasteiger partial charge on any atom is -0.379 e. The monoisotopic (exact) mass is 565 g/mol. The molecule has 0 radical (unpaired) electrons. The zero-order valence-corrected chi connectivity index (χ0v) is 22.0. The standard InChI is InChI=1S/C23H14Cl5FN3O2.Li/c1-10-4-18(30-9-17(10)29)32-21(33)15-8-14(2-3-16(15)26)31-22(34)20-19(23(20,27)28)11-5-12(24)7-13(25)6-11;/h2,4-9,19-20H,1H3,(H,31,34)(H,30,32,33);/q-1;+1. The van der Waals surface area contributed by atoms with Crippen LogP contribution in [-0.2, 0) is 4.79 Å². The molecule has 2 aromatic carbocycles. The van der Waals surface area contributed by atoms with E-state index in [-0.39, 0.29) is 41.0 Å². The van der Waals surface area contributed by atoms with Crippen LogP contribution in [0.4, 0.5) is 15.9 Å². The summed E-state index contributed by atoms with van der Waals surface area (Å²) < 4.78 is 12.1. The molecule has 0 bridgehead atoms. The van der Waals surface area contributed by atoms with Crippen LogP contribution in [0.2, 0.25) is 15.1 Å². The van der Waals surface area contributed by atoms with Gasteiger partial charge in [0.05, 0.1) is 12.1 Å². The molecule has 1 saturated carbocycles. The van der Waals surface area contributed by atoms with Gasteiger partial charge in [0, 0.05) is 16.0 Å². The van der Waals surface area contributed by atoms with E-state index in [1.54, 1.807) is 25.1 Å². The van der Waals surface area contributed by atoms with Crippen molar-refractivity contribution >= 4 is 81.3 Å². The van der Waals surface area contributed by atoms with Crippen molar-refractivity contribution in [3.05, 3.63) is 86.2 Å². The van der Waals surface area contributed by atoms with Gasteiger partial charge in [-0.05, 0) is 42.3 Å². The molecule has 176 valence electrons. The summed E-state index contributed by atoms with van der Waals surface area (Å²) in [6.45, 7) is 1.54. The number of nitrogens with zero attached hydrogens (tertiary/aromatic N) is 1. The average molecular weight is 568 g/mol. The first-order valence-corrected chi connectivity index (χ1v) is 11.7. The number of benzene rings is 2. The summed E-state index contributed by atoms with van der Waals surface area (Å²) in [7, 11) is 0. The Hall–Kier alpha value is -1.49. The number of anilines is 2. The summed E-state index contributed by atoms with van der Waals surface area (Å²) in [5.74, 6) is -2.75. The molecule has 4 rings (SSSR count). The Kier molecular flexibility index (Phi) is 8.72. The molecule has 35 heavy (non-hydrogen) atoms. The van der Waals surface area contributed by atoms with Crippen molar-refractivity contribution in [2.24, 2.45) is 5.92 Å². The maximum absolute atomic E-state index is 13.4. The van der Waals surface area contributed by atoms with Crippen molar-refractivity contribution in [1.29, 1.82) is 0 Å². The summed E-state index contributed by atoms with van der Waals surface area (Å²) >= 11 is 31.0. The zero-order chi connectivity index (χ0) is 24.8. The van der Waals surface area contributed by atoms with Crippen LogP contribution in [0.3, 0.4) is 0 Å². The number of carbonyl (C=O) groups is 2. The number of amides is 2. The quantitative estimate of drug-likeness (QED) is 0.278. The Morgan fingerprint density at radius 1 is 1.06 bits per heavy atom. The second-order valence-electron chi connectivity index (χ2n) is 7.71. The fraction of sp³-hybridized carbons (Fsp3) is 0.174. The van der Waals surface area contributed by atoms with E-state index in [4.69, 9.17) is 58.0 Å². The Morgan fingerprint density at radius 3 is 2.34 bits per heavy atom. The Bertz CT molecular complexity index is 1300. The normalized spacial score (nSPS) is 17.8. The fourth-order valence-electron chi connectivity index (χ4n) is 3.55. The molecular formula is C23H14Cl5FLiN3O2. The first kappa shape index (κ1) is 28.1. The van der Waals surface area contributed by atoms with Crippen molar-refractivity contribution in [3.8, 4) is 0 Å². The molecule has 2 unspecified atom stereocenters. The van der Waals surface area contributed by atoms with Gasteiger partial charge in [-0.2, -0.15) is 12.1 Å². The largest absolute Gasteiger partial charge is 1.00 e. The maximum atomic E-state index is 13.4. The van der Waals surface area contributed by atoms with E-state index in [1.807, 2.05) is 0 Å². The molecule has 1 heterocycles. The molecule has 3 aromatic rings. The van der Waals surface area contributed by atoms with E-state index in [2.05, 4.69) is 21.7 Å². The van der Waals surface area contributed by atoms with Crippen LogP contribution in [0.15, 0.2) is 42.6 Å². The molecule has 5 nitrogen and oxygen atoms in total. The SMILES string of the molecule is Cc1cc(NC(=O)c2cc(NC(=O)C3C(c4cc(Cl)cc(Cl)c4)C3(Cl)Cl)c[c-]c2Cl)ncc1F.[Li+]. The Labute approximate surface area is 237 Å². The second kappa shape index (κ2) is 10.9. The van der Waals surface area contributed by atoms with Gasteiger partial charge in [0.1, 0.15) is 16.0 Å². The van der Waals surface area contributed by atoms with E-state index in [0.29, 0.717) is 21.2 Å². The Balaban J connectivity index is 0.00000342. The molecule has 12 heteroatoms. The van der Waals surface area contributed by atoms with Gasteiger partial charge < -0.3 is 10.6 Å². The predicted molar refractivity (Wildman–Crippen MR) is 133 cm³/mol. The number of halogens is 6. The molecule has 2 N–H and O–H groups in total. The number of carbonyl (C=O) groups excluding carboxylic acids is 2.